The minimum atomic E-state index is -0.861. The van der Waals surface area contributed by atoms with Crippen molar-refractivity contribution in [2.24, 2.45) is 5.92 Å². The number of carboxylic acids is 1. The van der Waals surface area contributed by atoms with Crippen molar-refractivity contribution < 1.29 is 9.90 Å². The van der Waals surface area contributed by atoms with E-state index in [4.69, 9.17) is 5.11 Å². The fraction of sp³-hybridized carbons (Fsp3) is 0.214. The standard InChI is InChI=1S/C14H16O2/c1-11(10-12(2)14(15)16)8-9-13-6-4-3-5-7-13/h3-11H,1-2H3,(H,15,16). The zero-order valence-corrected chi connectivity index (χ0v) is 9.55. The third-order valence-electron chi connectivity index (χ3n) is 2.24. The highest BCUT2D eigenvalue weighted by atomic mass is 16.4. The van der Waals surface area contributed by atoms with Gasteiger partial charge >= 0.3 is 5.97 Å². The molecular formula is C14H16O2. The molecule has 1 rings (SSSR count). The highest BCUT2D eigenvalue weighted by Crippen LogP contribution is 2.08. The largest absolute Gasteiger partial charge is 0.478 e. The van der Waals surface area contributed by atoms with Gasteiger partial charge in [0.05, 0.1) is 0 Å². The maximum atomic E-state index is 10.6. The molecule has 0 bridgehead atoms. The summed E-state index contributed by atoms with van der Waals surface area (Å²) in [6, 6.07) is 9.94. The average Bonchev–Trinajstić information content (AvgIpc) is 2.27. The van der Waals surface area contributed by atoms with Gasteiger partial charge in [-0.25, -0.2) is 4.79 Å². The second kappa shape index (κ2) is 5.91. The van der Waals surface area contributed by atoms with Crippen LogP contribution in [0.2, 0.25) is 0 Å². The van der Waals surface area contributed by atoms with Gasteiger partial charge in [0.25, 0.3) is 0 Å². The van der Waals surface area contributed by atoms with Crippen LogP contribution in [0.1, 0.15) is 19.4 Å². The Hall–Kier alpha value is -1.83. The number of rotatable bonds is 4. The molecule has 2 nitrogen and oxygen atoms in total. The van der Waals surface area contributed by atoms with Crippen LogP contribution in [0.5, 0.6) is 0 Å². The van der Waals surface area contributed by atoms with E-state index in [9.17, 15) is 4.79 Å². The Morgan fingerprint density at radius 1 is 1.31 bits per heavy atom. The molecule has 0 fully saturated rings. The third kappa shape index (κ3) is 4.13. The zero-order chi connectivity index (χ0) is 12.0. The topological polar surface area (TPSA) is 37.3 Å². The van der Waals surface area contributed by atoms with Crippen LogP contribution in [-0.4, -0.2) is 11.1 Å². The summed E-state index contributed by atoms with van der Waals surface area (Å²) in [5.74, 6) is -0.740. The Kier molecular flexibility index (Phi) is 4.52. The van der Waals surface area contributed by atoms with Crippen molar-refractivity contribution in [1.29, 1.82) is 0 Å². The van der Waals surface area contributed by atoms with E-state index in [0.717, 1.165) is 5.56 Å². The van der Waals surface area contributed by atoms with Crippen LogP contribution < -0.4 is 0 Å². The van der Waals surface area contributed by atoms with E-state index in [-0.39, 0.29) is 5.92 Å². The number of allylic oxidation sites excluding steroid dienone is 2. The number of carboxylic acid groups (broad SMARTS) is 1. The molecule has 1 atom stereocenters. The Morgan fingerprint density at radius 2 is 1.94 bits per heavy atom. The van der Waals surface area contributed by atoms with Crippen molar-refractivity contribution >= 4 is 12.0 Å². The first-order chi connectivity index (χ1) is 7.59. The molecule has 1 aromatic rings. The van der Waals surface area contributed by atoms with E-state index < -0.39 is 5.97 Å². The molecule has 0 saturated carbocycles. The lowest BCUT2D eigenvalue weighted by Crippen LogP contribution is -1.98. The maximum absolute atomic E-state index is 10.6. The van der Waals surface area contributed by atoms with Crippen molar-refractivity contribution in [2.75, 3.05) is 0 Å². The molecule has 0 radical (unpaired) electrons. The van der Waals surface area contributed by atoms with Crippen LogP contribution in [-0.2, 0) is 4.79 Å². The normalized spacial score (nSPS) is 14.0. The van der Waals surface area contributed by atoms with Crippen LogP contribution in [0, 0.1) is 5.92 Å². The number of hydrogen-bond donors (Lipinski definition) is 1. The van der Waals surface area contributed by atoms with E-state index in [0.29, 0.717) is 5.57 Å². The molecular weight excluding hydrogens is 200 g/mol. The van der Waals surface area contributed by atoms with Crippen molar-refractivity contribution in [1.82, 2.24) is 0 Å². The predicted molar refractivity (Wildman–Crippen MR) is 66.0 cm³/mol. The zero-order valence-electron chi connectivity index (χ0n) is 9.55. The molecule has 1 N–H and O–H groups in total. The summed E-state index contributed by atoms with van der Waals surface area (Å²) in [4.78, 5) is 10.6. The van der Waals surface area contributed by atoms with Crippen molar-refractivity contribution in [3.05, 3.63) is 53.6 Å². The first kappa shape index (κ1) is 12.2. The minimum Gasteiger partial charge on any atom is -0.478 e. The molecule has 0 saturated heterocycles. The van der Waals surface area contributed by atoms with E-state index >= 15 is 0 Å². The molecule has 1 aromatic carbocycles. The van der Waals surface area contributed by atoms with Crippen molar-refractivity contribution in [2.45, 2.75) is 13.8 Å². The molecule has 0 heterocycles. The molecule has 2 heteroatoms. The van der Waals surface area contributed by atoms with E-state index in [1.54, 1.807) is 13.0 Å². The number of hydrogen-bond acceptors (Lipinski definition) is 1. The van der Waals surface area contributed by atoms with Gasteiger partial charge in [0, 0.05) is 5.57 Å². The van der Waals surface area contributed by atoms with Crippen LogP contribution in [0.15, 0.2) is 48.1 Å². The van der Waals surface area contributed by atoms with Gasteiger partial charge in [0.2, 0.25) is 0 Å². The lowest BCUT2D eigenvalue weighted by atomic mass is 10.1. The first-order valence-corrected chi connectivity index (χ1v) is 5.24. The molecule has 84 valence electrons. The summed E-state index contributed by atoms with van der Waals surface area (Å²) in [7, 11) is 0. The summed E-state index contributed by atoms with van der Waals surface area (Å²) >= 11 is 0. The van der Waals surface area contributed by atoms with E-state index in [2.05, 4.69) is 0 Å². The smallest absolute Gasteiger partial charge is 0.330 e. The number of carbonyl (C=O) groups is 1. The van der Waals surface area contributed by atoms with Gasteiger partial charge in [-0.15, -0.1) is 0 Å². The lowest BCUT2D eigenvalue weighted by molar-refractivity contribution is -0.132. The quantitative estimate of drug-likeness (QED) is 0.783. The molecule has 0 aliphatic carbocycles. The summed E-state index contributed by atoms with van der Waals surface area (Å²) in [5, 5.41) is 8.72. The Morgan fingerprint density at radius 3 is 2.50 bits per heavy atom. The van der Waals surface area contributed by atoms with Gasteiger partial charge in [0.1, 0.15) is 0 Å². The summed E-state index contributed by atoms with van der Waals surface area (Å²) in [6.45, 7) is 3.57. The predicted octanol–water partition coefficient (Wildman–Crippen LogP) is 3.37. The SMILES string of the molecule is CC(=CC(C)C=Cc1ccccc1)C(=O)O. The number of benzene rings is 1. The molecule has 0 aliphatic heterocycles. The van der Waals surface area contributed by atoms with Gasteiger partial charge in [0.15, 0.2) is 0 Å². The molecule has 0 spiro atoms. The maximum Gasteiger partial charge on any atom is 0.330 e. The fourth-order valence-electron chi connectivity index (χ4n) is 1.35. The average molecular weight is 216 g/mol. The third-order valence-corrected chi connectivity index (χ3v) is 2.24. The summed E-state index contributed by atoms with van der Waals surface area (Å²) < 4.78 is 0. The Bertz CT molecular complexity index is 402. The highest BCUT2D eigenvalue weighted by molar-refractivity contribution is 5.85. The molecule has 0 aliphatic rings. The lowest BCUT2D eigenvalue weighted by Gasteiger charge is -2.00. The van der Waals surface area contributed by atoms with Crippen LogP contribution >= 0.6 is 0 Å². The summed E-state index contributed by atoms with van der Waals surface area (Å²) in [6.07, 6.45) is 5.72. The van der Waals surface area contributed by atoms with Gasteiger partial charge < -0.3 is 5.11 Å². The summed E-state index contributed by atoms with van der Waals surface area (Å²) in [5.41, 5.74) is 1.50. The molecule has 1 unspecified atom stereocenters. The Balaban J connectivity index is 2.65. The monoisotopic (exact) mass is 216 g/mol. The van der Waals surface area contributed by atoms with E-state index in [1.807, 2.05) is 49.4 Å². The van der Waals surface area contributed by atoms with Gasteiger partial charge in [-0.1, -0.05) is 55.5 Å². The van der Waals surface area contributed by atoms with Crippen LogP contribution in [0.4, 0.5) is 0 Å². The van der Waals surface area contributed by atoms with Crippen molar-refractivity contribution in [3.63, 3.8) is 0 Å². The minimum absolute atomic E-state index is 0.122. The first-order valence-electron chi connectivity index (χ1n) is 5.24. The van der Waals surface area contributed by atoms with Crippen molar-refractivity contribution in [3.8, 4) is 0 Å². The van der Waals surface area contributed by atoms with Gasteiger partial charge in [-0.2, -0.15) is 0 Å². The molecule has 0 amide bonds. The van der Waals surface area contributed by atoms with Crippen LogP contribution in [0.3, 0.4) is 0 Å². The highest BCUT2D eigenvalue weighted by Gasteiger charge is 2.00. The van der Waals surface area contributed by atoms with E-state index in [1.165, 1.54) is 0 Å². The van der Waals surface area contributed by atoms with Crippen LogP contribution in [0.25, 0.3) is 6.08 Å². The second-order valence-electron chi connectivity index (χ2n) is 3.78. The Labute approximate surface area is 95.9 Å². The van der Waals surface area contributed by atoms with Gasteiger partial charge in [-0.05, 0) is 18.4 Å². The molecule has 16 heavy (non-hydrogen) atoms. The second-order valence-corrected chi connectivity index (χ2v) is 3.78. The number of aliphatic carboxylic acids is 1. The van der Waals surface area contributed by atoms with Gasteiger partial charge in [-0.3, -0.25) is 0 Å². The molecule has 0 aromatic heterocycles. The fourth-order valence-corrected chi connectivity index (χ4v) is 1.35.